The van der Waals surface area contributed by atoms with Crippen LogP contribution in [0.4, 0.5) is 5.69 Å². The molecule has 1 heterocycles. The maximum Gasteiger partial charge on any atom is 0.229 e. The molecular weight excluding hydrogens is 212 g/mol. The van der Waals surface area contributed by atoms with Crippen molar-refractivity contribution < 1.29 is 4.79 Å². The number of amidine groups is 1. The topological polar surface area (TPSA) is 32.7 Å². The Kier molecular flexibility index (Phi) is 3.91. The lowest BCUT2D eigenvalue weighted by atomic mass is 10.2. The molecule has 0 spiro atoms. The normalized spacial score (nSPS) is 15.9. The van der Waals surface area contributed by atoms with Crippen molar-refractivity contribution in [3.63, 3.8) is 0 Å². The monoisotopic (exact) mass is 230 g/mol. The van der Waals surface area contributed by atoms with E-state index >= 15 is 0 Å². The molecule has 17 heavy (non-hydrogen) atoms. The van der Waals surface area contributed by atoms with E-state index in [1.165, 1.54) is 6.42 Å². The van der Waals surface area contributed by atoms with Gasteiger partial charge in [-0.25, -0.2) is 0 Å². The van der Waals surface area contributed by atoms with E-state index < -0.39 is 0 Å². The Hall–Kier alpha value is -1.64. The van der Waals surface area contributed by atoms with Crippen LogP contribution in [0.2, 0.25) is 0 Å². The summed E-state index contributed by atoms with van der Waals surface area (Å²) in [7, 11) is 0. The minimum atomic E-state index is 0.0388. The Morgan fingerprint density at radius 3 is 2.65 bits per heavy atom. The minimum absolute atomic E-state index is 0.0388. The zero-order valence-corrected chi connectivity index (χ0v) is 10.2. The predicted molar refractivity (Wildman–Crippen MR) is 70.4 cm³/mol. The Balaban J connectivity index is 2.29. The zero-order chi connectivity index (χ0) is 12.1. The van der Waals surface area contributed by atoms with Gasteiger partial charge in [0.25, 0.3) is 0 Å². The van der Waals surface area contributed by atoms with Gasteiger partial charge in [0.2, 0.25) is 5.91 Å². The fourth-order valence-corrected chi connectivity index (χ4v) is 2.13. The molecule has 0 radical (unpaired) electrons. The number of carbonyl (C=O) groups excluding carboxylic acids is 1. The van der Waals surface area contributed by atoms with E-state index in [0.717, 1.165) is 37.3 Å². The second-order valence-corrected chi connectivity index (χ2v) is 4.30. The Morgan fingerprint density at radius 2 is 1.94 bits per heavy atom. The highest BCUT2D eigenvalue weighted by Gasteiger charge is 2.18. The van der Waals surface area contributed by atoms with Crippen LogP contribution in [0.25, 0.3) is 0 Å². The van der Waals surface area contributed by atoms with Crippen molar-refractivity contribution in [3.8, 4) is 0 Å². The summed E-state index contributed by atoms with van der Waals surface area (Å²) in [6.45, 7) is 2.44. The number of benzene rings is 1. The van der Waals surface area contributed by atoms with Crippen LogP contribution in [0.5, 0.6) is 0 Å². The number of anilines is 1. The van der Waals surface area contributed by atoms with Gasteiger partial charge < -0.3 is 0 Å². The van der Waals surface area contributed by atoms with Crippen molar-refractivity contribution in [1.82, 2.24) is 0 Å². The van der Waals surface area contributed by atoms with Gasteiger partial charge in [0.05, 0.1) is 5.69 Å². The van der Waals surface area contributed by atoms with Crippen molar-refractivity contribution in [2.75, 3.05) is 11.4 Å². The van der Waals surface area contributed by atoms with Crippen molar-refractivity contribution >= 4 is 17.4 Å². The molecule has 1 amide bonds. The summed E-state index contributed by atoms with van der Waals surface area (Å²) in [5.74, 6) is 0.957. The average molecular weight is 230 g/mol. The SMILES string of the molecule is CC(=O)N(C1=NCCCCC1)c1ccccc1. The van der Waals surface area contributed by atoms with Gasteiger partial charge >= 0.3 is 0 Å². The van der Waals surface area contributed by atoms with Crippen molar-refractivity contribution in [2.24, 2.45) is 4.99 Å². The molecule has 1 aromatic rings. The van der Waals surface area contributed by atoms with Crippen molar-refractivity contribution in [2.45, 2.75) is 32.6 Å². The first kappa shape index (κ1) is 11.8. The lowest BCUT2D eigenvalue weighted by molar-refractivity contribution is -0.115. The highest BCUT2D eigenvalue weighted by Crippen LogP contribution is 2.18. The summed E-state index contributed by atoms with van der Waals surface area (Å²) < 4.78 is 0. The second-order valence-electron chi connectivity index (χ2n) is 4.30. The highest BCUT2D eigenvalue weighted by molar-refractivity contribution is 6.16. The minimum Gasteiger partial charge on any atom is -0.274 e. The summed E-state index contributed by atoms with van der Waals surface area (Å²) >= 11 is 0. The van der Waals surface area contributed by atoms with Crippen LogP contribution in [-0.2, 0) is 4.79 Å². The summed E-state index contributed by atoms with van der Waals surface area (Å²) in [6, 6.07) is 9.76. The number of hydrogen-bond acceptors (Lipinski definition) is 2. The van der Waals surface area contributed by atoms with E-state index in [2.05, 4.69) is 4.99 Å². The lowest BCUT2D eigenvalue weighted by Gasteiger charge is -2.22. The summed E-state index contributed by atoms with van der Waals surface area (Å²) in [6.07, 6.45) is 4.35. The molecule has 0 fully saturated rings. The van der Waals surface area contributed by atoms with E-state index in [1.54, 1.807) is 11.8 Å². The predicted octanol–water partition coefficient (Wildman–Crippen LogP) is 3.01. The van der Waals surface area contributed by atoms with E-state index in [-0.39, 0.29) is 5.91 Å². The number of nitrogens with zero attached hydrogens (tertiary/aromatic N) is 2. The Morgan fingerprint density at radius 1 is 1.18 bits per heavy atom. The molecule has 0 N–H and O–H groups in total. The molecule has 0 atom stereocenters. The largest absolute Gasteiger partial charge is 0.274 e. The van der Waals surface area contributed by atoms with Crippen LogP contribution >= 0.6 is 0 Å². The Bertz CT molecular complexity index is 411. The van der Waals surface area contributed by atoms with E-state index in [1.807, 2.05) is 30.3 Å². The van der Waals surface area contributed by atoms with E-state index in [0.29, 0.717) is 0 Å². The zero-order valence-electron chi connectivity index (χ0n) is 10.2. The first-order chi connectivity index (χ1) is 8.29. The Labute approximate surface area is 102 Å². The van der Waals surface area contributed by atoms with Crippen LogP contribution in [0.1, 0.15) is 32.6 Å². The fraction of sp³-hybridized carbons (Fsp3) is 0.429. The first-order valence-corrected chi connectivity index (χ1v) is 6.18. The average Bonchev–Trinajstić information content (AvgIpc) is 2.59. The third-order valence-electron chi connectivity index (χ3n) is 2.94. The maximum absolute atomic E-state index is 11.8. The summed E-state index contributed by atoms with van der Waals surface area (Å²) in [5.41, 5.74) is 0.917. The van der Waals surface area contributed by atoms with Crippen molar-refractivity contribution in [1.29, 1.82) is 0 Å². The number of rotatable bonds is 1. The quantitative estimate of drug-likeness (QED) is 0.730. The molecular formula is C14H18N2O. The standard InChI is InChI=1S/C14H18N2O/c1-12(17)16(13-8-4-2-5-9-13)14-10-6-3-7-11-15-14/h2,4-5,8-9H,3,6-7,10-11H2,1H3. The van der Waals surface area contributed by atoms with Gasteiger partial charge in [-0.05, 0) is 25.0 Å². The van der Waals surface area contributed by atoms with E-state index in [9.17, 15) is 4.79 Å². The molecule has 0 bridgehead atoms. The van der Waals surface area contributed by atoms with Gasteiger partial charge in [-0.15, -0.1) is 0 Å². The first-order valence-electron chi connectivity index (χ1n) is 6.18. The van der Waals surface area contributed by atoms with Gasteiger partial charge in [-0.3, -0.25) is 14.7 Å². The highest BCUT2D eigenvalue weighted by atomic mass is 16.2. The molecule has 2 rings (SSSR count). The number of carbonyl (C=O) groups is 1. The molecule has 3 nitrogen and oxygen atoms in total. The molecule has 0 aliphatic carbocycles. The van der Waals surface area contributed by atoms with Crippen LogP contribution in [0.15, 0.2) is 35.3 Å². The number of amides is 1. The lowest BCUT2D eigenvalue weighted by Crippen LogP contribution is -2.35. The molecule has 0 aromatic heterocycles. The maximum atomic E-state index is 11.8. The molecule has 0 saturated heterocycles. The molecule has 90 valence electrons. The van der Waals surface area contributed by atoms with Gasteiger partial charge in [-0.1, -0.05) is 24.6 Å². The van der Waals surface area contributed by atoms with Crippen LogP contribution in [-0.4, -0.2) is 18.3 Å². The molecule has 0 unspecified atom stereocenters. The van der Waals surface area contributed by atoms with Gasteiger partial charge in [0.15, 0.2) is 0 Å². The van der Waals surface area contributed by atoms with Gasteiger partial charge in [0.1, 0.15) is 5.84 Å². The van der Waals surface area contributed by atoms with Crippen LogP contribution < -0.4 is 4.90 Å². The fourth-order valence-electron chi connectivity index (χ4n) is 2.13. The molecule has 1 aliphatic heterocycles. The third kappa shape index (κ3) is 2.93. The number of hydrogen-bond donors (Lipinski definition) is 0. The number of aliphatic imine (C=N–C) groups is 1. The summed E-state index contributed by atoms with van der Waals surface area (Å²) in [4.78, 5) is 18.1. The molecule has 0 saturated carbocycles. The van der Waals surface area contributed by atoms with Crippen LogP contribution in [0.3, 0.4) is 0 Å². The van der Waals surface area contributed by atoms with Crippen molar-refractivity contribution in [3.05, 3.63) is 30.3 Å². The van der Waals surface area contributed by atoms with Gasteiger partial charge in [-0.2, -0.15) is 0 Å². The second kappa shape index (κ2) is 5.62. The molecule has 3 heteroatoms. The summed E-state index contributed by atoms with van der Waals surface area (Å²) in [5, 5.41) is 0. The van der Waals surface area contributed by atoms with E-state index in [4.69, 9.17) is 0 Å². The van der Waals surface area contributed by atoms with Crippen LogP contribution in [0, 0.1) is 0 Å². The van der Waals surface area contributed by atoms with Gasteiger partial charge in [0, 0.05) is 19.9 Å². The molecule has 1 aliphatic rings. The third-order valence-corrected chi connectivity index (χ3v) is 2.94. The smallest absolute Gasteiger partial charge is 0.229 e. The molecule has 1 aromatic carbocycles. The number of para-hydroxylation sites is 1.